The van der Waals surface area contributed by atoms with Gasteiger partial charge in [-0.05, 0) is 24.1 Å². The zero-order valence-electron chi connectivity index (χ0n) is 13.7. The van der Waals surface area contributed by atoms with Gasteiger partial charge in [-0.1, -0.05) is 37.3 Å². The molecule has 0 radical (unpaired) electrons. The maximum atomic E-state index is 12.3. The molecule has 1 aliphatic rings. The number of nitrogens with zero attached hydrogens (tertiary/aromatic N) is 1. The highest BCUT2D eigenvalue weighted by atomic mass is 16.5. The molecule has 0 aliphatic carbocycles. The predicted molar refractivity (Wildman–Crippen MR) is 90.7 cm³/mol. The van der Waals surface area contributed by atoms with Gasteiger partial charge in [0.15, 0.2) is 17.6 Å². The zero-order chi connectivity index (χ0) is 17.1. The van der Waals surface area contributed by atoms with Crippen LogP contribution in [0.3, 0.4) is 0 Å². The summed E-state index contributed by atoms with van der Waals surface area (Å²) in [5, 5.41) is 0. The number of fused-ring (bicyclic) bond motifs is 1. The second kappa shape index (κ2) is 6.74. The summed E-state index contributed by atoms with van der Waals surface area (Å²) in [6.45, 7) is 2.25. The van der Waals surface area contributed by atoms with E-state index in [9.17, 15) is 9.59 Å². The van der Waals surface area contributed by atoms with Crippen molar-refractivity contribution in [3.8, 4) is 11.5 Å². The van der Waals surface area contributed by atoms with Crippen LogP contribution in [0.25, 0.3) is 0 Å². The SMILES string of the molecule is CCC1Oc2c(OCc3ccccc3)cc(C=O)cc2N(C)C1=O. The minimum atomic E-state index is -0.538. The number of amides is 1. The van der Waals surface area contributed by atoms with Crippen LogP contribution in [0.5, 0.6) is 11.5 Å². The van der Waals surface area contributed by atoms with E-state index in [1.807, 2.05) is 37.3 Å². The molecule has 124 valence electrons. The largest absolute Gasteiger partial charge is 0.485 e. The fourth-order valence-corrected chi connectivity index (χ4v) is 2.67. The molecule has 0 saturated heterocycles. The van der Waals surface area contributed by atoms with E-state index in [1.165, 1.54) is 4.90 Å². The molecule has 0 saturated carbocycles. The maximum Gasteiger partial charge on any atom is 0.267 e. The summed E-state index contributed by atoms with van der Waals surface area (Å²) in [6, 6.07) is 13.0. The number of hydrogen-bond donors (Lipinski definition) is 0. The number of benzene rings is 2. The molecule has 3 rings (SSSR count). The molecule has 0 bridgehead atoms. The first-order valence-corrected chi connectivity index (χ1v) is 7.88. The molecule has 2 aromatic rings. The van der Waals surface area contributed by atoms with Gasteiger partial charge in [-0.15, -0.1) is 0 Å². The lowest BCUT2D eigenvalue weighted by Gasteiger charge is -2.32. The van der Waals surface area contributed by atoms with Crippen LogP contribution in [0.15, 0.2) is 42.5 Å². The lowest BCUT2D eigenvalue weighted by molar-refractivity contribution is -0.126. The Kier molecular flexibility index (Phi) is 4.51. The van der Waals surface area contributed by atoms with E-state index in [0.717, 1.165) is 11.8 Å². The second-order valence-electron chi connectivity index (χ2n) is 5.67. The van der Waals surface area contributed by atoms with Crippen molar-refractivity contribution >= 4 is 17.9 Å². The summed E-state index contributed by atoms with van der Waals surface area (Å²) in [6.07, 6.45) is 0.763. The number of rotatable bonds is 5. The molecule has 1 heterocycles. The van der Waals surface area contributed by atoms with Crippen LogP contribution >= 0.6 is 0 Å². The van der Waals surface area contributed by atoms with E-state index in [0.29, 0.717) is 35.8 Å². The third-order valence-electron chi connectivity index (χ3n) is 4.03. The van der Waals surface area contributed by atoms with Crippen molar-refractivity contribution in [3.63, 3.8) is 0 Å². The van der Waals surface area contributed by atoms with E-state index < -0.39 is 6.10 Å². The smallest absolute Gasteiger partial charge is 0.267 e. The van der Waals surface area contributed by atoms with Gasteiger partial charge in [0.05, 0.1) is 5.69 Å². The first kappa shape index (κ1) is 16.1. The highest BCUT2D eigenvalue weighted by molar-refractivity contribution is 6.01. The number of carbonyl (C=O) groups is 2. The van der Waals surface area contributed by atoms with Crippen molar-refractivity contribution in [3.05, 3.63) is 53.6 Å². The number of carbonyl (C=O) groups excluding carboxylic acids is 2. The molecule has 1 aliphatic heterocycles. The molecule has 24 heavy (non-hydrogen) atoms. The van der Waals surface area contributed by atoms with Crippen molar-refractivity contribution < 1.29 is 19.1 Å². The van der Waals surface area contributed by atoms with Crippen LogP contribution in [0.2, 0.25) is 0 Å². The Balaban J connectivity index is 1.96. The first-order chi connectivity index (χ1) is 11.6. The Morgan fingerprint density at radius 2 is 2.00 bits per heavy atom. The highest BCUT2D eigenvalue weighted by Gasteiger charge is 2.33. The Bertz CT molecular complexity index is 757. The van der Waals surface area contributed by atoms with Gasteiger partial charge in [0.25, 0.3) is 5.91 Å². The van der Waals surface area contributed by atoms with Crippen LogP contribution < -0.4 is 14.4 Å². The molecule has 0 spiro atoms. The molecular weight excluding hydrogens is 306 g/mol. The average Bonchev–Trinajstić information content (AvgIpc) is 2.63. The summed E-state index contributed by atoms with van der Waals surface area (Å²) < 4.78 is 11.7. The third kappa shape index (κ3) is 2.97. The summed E-state index contributed by atoms with van der Waals surface area (Å²) in [5.74, 6) is 0.851. The molecule has 1 amide bonds. The quantitative estimate of drug-likeness (QED) is 0.792. The molecule has 5 nitrogen and oxygen atoms in total. The van der Waals surface area contributed by atoms with Gasteiger partial charge in [0.1, 0.15) is 12.9 Å². The topological polar surface area (TPSA) is 55.8 Å². The standard InChI is InChI=1S/C19H19NO4/c1-3-16-19(22)20(2)15-9-14(11-21)10-17(18(15)24-16)23-12-13-7-5-4-6-8-13/h4-11,16H,3,12H2,1-2H3. The zero-order valence-corrected chi connectivity index (χ0v) is 13.7. The van der Waals surface area contributed by atoms with E-state index in [1.54, 1.807) is 19.2 Å². The van der Waals surface area contributed by atoms with Crippen LogP contribution in [0, 0.1) is 0 Å². The second-order valence-corrected chi connectivity index (χ2v) is 5.67. The minimum absolute atomic E-state index is 0.123. The Labute approximate surface area is 140 Å². The predicted octanol–water partition coefficient (Wildman–Crippen LogP) is 3.21. The molecule has 1 atom stereocenters. The summed E-state index contributed by atoms with van der Waals surface area (Å²) in [5.41, 5.74) is 2.00. The van der Waals surface area contributed by atoms with Gasteiger partial charge >= 0.3 is 0 Å². The molecule has 0 N–H and O–H groups in total. The van der Waals surface area contributed by atoms with Crippen molar-refractivity contribution in [2.75, 3.05) is 11.9 Å². The fourth-order valence-electron chi connectivity index (χ4n) is 2.67. The molecule has 0 aromatic heterocycles. The van der Waals surface area contributed by atoms with Crippen LogP contribution in [0.4, 0.5) is 5.69 Å². The van der Waals surface area contributed by atoms with Crippen molar-refractivity contribution in [1.29, 1.82) is 0 Å². The van der Waals surface area contributed by atoms with Crippen LogP contribution in [-0.2, 0) is 11.4 Å². The van der Waals surface area contributed by atoms with Crippen molar-refractivity contribution in [2.45, 2.75) is 26.1 Å². The maximum absolute atomic E-state index is 12.3. The Hall–Kier alpha value is -2.82. The van der Waals surface area contributed by atoms with E-state index in [-0.39, 0.29) is 5.91 Å². The van der Waals surface area contributed by atoms with Gasteiger partial charge in [0.2, 0.25) is 0 Å². The summed E-state index contributed by atoms with van der Waals surface area (Å²) in [7, 11) is 1.68. The first-order valence-electron chi connectivity index (χ1n) is 7.88. The van der Waals surface area contributed by atoms with Crippen molar-refractivity contribution in [2.24, 2.45) is 0 Å². The highest BCUT2D eigenvalue weighted by Crippen LogP contribution is 2.42. The molecule has 0 fully saturated rings. The van der Waals surface area contributed by atoms with Crippen LogP contribution in [-0.4, -0.2) is 25.3 Å². The number of ether oxygens (including phenoxy) is 2. The lowest BCUT2D eigenvalue weighted by atomic mass is 10.1. The minimum Gasteiger partial charge on any atom is -0.485 e. The van der Waals surface area contributed by atoms with Gasteiger partial charge in [-0.3, -0.25) is 9.59 Å². The molecule has 2 aromatic carbocycles. The Morgan fingerprint density at radius 1 is 1.25 bits per heavy atom. The molecular formula is C19H19NO4. The summed E-state index contributed by atoms with van der Waals surface area (Å²) in [4.78, 5) is 25.0. The monoisotopic (exact) mass is 325 g/mol. The van der Waals surface area contributed by atoms with E-state index in [4.69, 9.17) is 9.47 Å². The normalized spacial score (nSPS) is 16.3. The molecule has 5 heteroatoms. The number of anilines is 1. The van der Waals surface area contributed by atoms with Crippen LogP contribution in [0.1, 0.15) is 29.3 Å². The number of aldehydes is 1. The lowest BCUT2D eigenvalue weighted by Crippen LogP contribution is -2.43. The summed E-state index contributed by atoms with van der Waals surface area (Å²) >= 11 is 0. The molecule has 1 unspecified atom stereocenters. The van der Waals surface area contributed by atoms with Gasteiger partial charge < -0.3 is 14.4 Å². The fraction of sp³-hybridized carbons (Fsp3) is 0.263. The average molecular weight is 325 g/mol. The number of likely N-dealkylation sites (N-methyl/N-ethyl adjacent to an activating group) is 1. The van der Waals surface area contributed by atoms with E-state index >= 15 is 0 Å². The Morgan fingerprint density at radius 3 is 2.67 bits per heavy atom. The number of hydrogen-bond acceptors (Lipinski definition) is 4. The third-order valence-corrected chi connectivity index (χ3v) is 4.03. The van der Waals surface area contributed by atoms with Gasteiger partial charge in [0, 0.05) is 12.6 Å². The van der Waals surface area contributed by atoms with Gasteiger partial charge in [-0.2, -0.15) is 0 Å². The van der Waals surface area contributed by atoms with Gasteiger partial charge in [-0.25, -0.2) is 0 Å². The van der Waals surface area contributed by atoms with E-state index in [2.05, 4.69) is 0 Å². The van der Waals surface area contributed by atoms with Crippen molar-refractivity contribution in [1.82, 2.24) is 0 Å².